The molecule has 0 saturated carbocycles. The minimum absolute atomic E-state index is 0.199. The van der Waals surface area contributed by atoms with Gasteiger partial charge in [-0.2, -0.15) is 0 Å². The zero-order valence-electron chi connectivity index (χ0n) is 23.6. The molecule has 0 bridgehead atoms. The lowest BCUT2D eigenvalue weighted by molar-refractivity contribution is 0.0357. The summed E-state index contributed by atoms with van der Waals surface area (Å²) in [4.78, 5) is 25.2. The number of morpholine rings is 1. The van der Waals surface area contributed by atoms with Crippen molar-refractivity contribution in [1.29, 1.82) is 0 Å². The highest BCUT2D eigenvalue weighted by Crippen LogP contribution is 2.38. The number of aromatic nitrogens is 2. The summed E-state index contributed by atoms with van der Waals surface area (Å²) < 4.78 is 23.5. The van der Waals surface area contributed by atoms with E-state index in [1.54, 1.807) is 19.5 Å². The second-order valence-electron chi connectivity index (χ2n) is 10.0. The van der Waals surface area contributed by atoms with Gasteiger partial charge in [0.15, 0.2) is 16.6 Å². The Bertz CT molecular complexity index is 1720. The Morgan fingerprint density at radius 2 is 1.90 bits per heavy atom. The fourth-order valence-corrected chi connectivity index (χ4v) is 5.67. The number of amides is 1. The highest BCUT2D eigenvalue weighted by molar-refractivity contribution is 7.15. The summed E-state index contributed by atoms with van der Waals surface area (Å²) in [7, 11) is 1.63. The van der Waals surface area contributed by atoms with Crippen molar-refractivity contribution in [2.45, 2.75) is 13.3 Å². The zero-order chi connectivity index (χ0) is 28.9. The van der Waals surface area contributed by atoms with Crippen LogP contribution in [0.3, 0.4) is 0 Å². The minimum Gasteiger partial charge on any atom is -0.493 e. The number of pyridine rings is 1. The van der Waals surface area contributed by atoms with Crippen molar-refractivity contribution >= 4 is 44.1 Å². The number of hydrogen-bond donors (Lipinski definition) is 1. The van der Waals surface area contributed by atoms with Crippen molar-refractivity contribution in [3.8, 4) is 23.0 Å². The van der Waals surface area contributed by atoms with Crippen molar-refractivity contribution in [3.05, 3.63) is 77.4 Å². The van der Waals surface area contributed by atoms with E-state index in [2.05, 4.69) is 20.2 Å². The largest absolute Gasteiger partial charge is 0.493 e. The first kappa shape index (κ1) is 27.9. The molecule has 1 amide bonds. The number of carbonyl (C=O) groups is 1. The number of nitrogens with zero attached hydrogens (tertiary/aromatic N) is 3. The SMILES string of the molecule is COc1cc2c(Oc3ccc4c(C(=O)Nc5ncc(C)s5)cccc4c3)ccnc2cc1OCCCN1CCOCC1. The van der Waals surface area contributed by atoms with E-state index in [1.165, 1.54) is 11.3 Å². The zero-order valence-corrected chi connectivity index (χ0v) is 24.4. The summed E-state index contributed by atoms with van der Waals surface area (Å²) >= 11 is 1.44. The molecular weight excluding hydrogens is 552 g/mol. The van der Waals surface area contributed by atoms with Crippen LogP contribution in [0, 0.1) is 6.92 Å². The van der Waals surface area contributed by atoms with Crippen molar-refractivity contribution in [2.75, 3.05) is 51.9 Å². The molecule has 0 atom stereocenters. The normalized spacial score (nSPS) is 13.8. The summed E-state index contributed by atoms with van der Waals surface area (Å²) in [5.74, 6) is 2.36. The number of ether oxygens (including phenoxy) is 4. The van der Waals surface area contributed by atoms with E-state index in [9.17, 15) is 4.79 Å². The molecule has 1 aliphatic rings. The van der Waals surface area contributed by atoms with Gasteiger partial charge in [0.05, 0.1) is 32.4 Å². The molecule has 3 aromatic carbocycles. The van der Waals surface area contributed by atoms with E-state index in [0.29, 0.717) is 40.3 Å². The molecule has 1 N–H and O–H groups in total. The molecule has 2 aromatic heterocycles. The van der Waals surface area contributed by atoms with Gasteiger partial charge in [0.25, 0.3) is 5.91 Å². The lowest BCUT2D eigenvalue weighted by atomic mass is 10.0. The highest BCUT2D eigenvalue weighted by atomic mass is 32.1. The Morgan fingerprint density at radius 3 is 2.71 bits per heavy atom. The van der Waals surface area contributed by atoms with E-state index in [1.807, 2.05) is 61.5 Å². The van der Waals surface area contributed by atoms with Gasteiger partial charge in [-0.25, -0.2) is 4.98 Å². The summed E-state index contributed by atoms with van der Waals surface area (Å²) in [6, 6.07) is 16.9. The first-order valence-electron chi connectivity index (χ1n) is 13.9. The van der Waals surface area contributed by atoms with Crippen LogP contribution in [0.25, 0.3) is 21.7 Å². The van der Waals surface area contributed by atoms with E-state index in [0.717, 1.165) is 65.8 Å². The van der Waals surface area contributed by atoms with Gasteiger partial charge >= 0.3 is 0 Å². The maximum atomic E-state index is 13.0. The lowest BCUT2D eigenvalue weighted by Gasteiger charge is -2.26. The average Bonchev–Trinajstić information content (AvgIpc) is 3.43. The molecular formula is C32H32N4O5S. The van der Waals surface area contributed by atoms with Crippen LogP contribution in [0.4, 0.5) is 5.13 Å². The maximum absolute atomic E-state index is 13.0. The number of hydrogen-bond acceptors (Lipinski definition) is 9. The van der Waals surface area contributed by atoms with Crippen molar-refractivity contribution < 1.29 is 23.7 Å². The third-order valence-corrected chi connectivity index (χ3v) is 7.96. The van der Waals surface area contributed by atoms with Crippen LogP contribution in [-0.2, 0) is 4.74 Å². The molecule has 216 valence electrons. The molecule has 1 fully saturated rings. The van der Waals surface area contributed by atoms with Gasteiger partial charge < -0.3 is 18.9 Å². The molecule has 9 nitrogen and oxygen atoms in total. The van der Waals surface area contributed by atoms with Gasteiger partial charge in [-0.1, -0.05) is 12.1 Å². The first-order valence-corrected chi connectivity index (χ1v) is 14.7. The Balaban J connectivity index is 1.19. The molecule has 10 heteroatoms. The molecule has 0 radical (unpaired) electrons. The number of aryl methyl sites for hydroxylation is 1. The second kappa shape index (κ2) is 12.7. The average molecular weight is 585 g/mol. The van der Waals surface area contributed by atoms with Crippen molar-refractivity contribution in [2.24, 2.45) is 0 Å². The Kier molecular flexibility index (Phi) is 8.45. The molecule has 1 saturated heterocycles. The van der Waals surface area contributed by atoms with Crippen LogP contribution in [-0.4, -0.2) is 67.3 Å². The Morgan fingerprint density at radius 1 is 1.02 bits per heavy atom. The lowest BCUT2D eigenvalue weighted by Crippen LogP contribution is -2.37. The summed E-state index contributed by atoms with van der Waals surface area (Å²) in [5.41, 5.74) is 1.32. The number of nitrogens with one attached hydrogen (secondary N) is 1. The Labute approximate surface area is 248 Å². The third-order valence-electron chi connectivity index (χ3n) is 7.13. The minimum atomic E-state index is -0.199. The molecule has 0 unspecified atom stereocenters. The van der Waals surface area contributed by atoms with Crippen LogP contribution in [0.1, 0.15) is 21.7 Å². The molecule has 5 aromatic rings. The number of fused-ring (bicyclic) bond motifs is 2. The number of anilines is 1. The number of rotatable bonds is 10. The van der Waals surface area contributed by atoms with Gasteiger partial charge in [0.1, 0.15) is 11.5 Å². The highest BCUT2D eigenvalue weighted by Gasteiger charge is 2.15. The molecule has 1 aliphatic heterocycles. The van der Waals surface area contributed by atoms with E-state index in [-0.39, 0.29) is 5.91 Å². The fraction of sp³-hybridized carbons (Fsp3) is 0.281. The van der Waals surface area contributed by atoms with Crippen molar-refractivity contribution in [3.63, 3.8) is 0 Å². The topological polar surface area (TPSA) is 95.0 Å². The van der Waals surface area contributed by atoms with Gasteiger partial charge in [0.2, 0.25) is 0 Å². The monoisotopic (exact) mass is 584 g/mol. The molecule has 3 heterocycles. The van der Waals surface area contributed by atoms with Crippen LogP contribution >= 0.6 is 11.3 Å². The molecule has 42 heavy (non-hydrogen) atoms. The fourth-order valence-electron chi connectivity index (χ4n) is 5.01. The molecule has 6 rings (SSSR count). The maximum Gasteiger partial charge on any atom is 0.258 e. The number of methoxy groups -OCH3 is 1. The standard InChI is InChI=1S/C32H32N4O5S/c1-21-20-34-32(42-21)35-31(37)25-6-3-5-22-17-23(7-8-24(22)25)41-28-9-10-33-27-19-30(29(38-2)18-26(27)28)40-14-4-11-36-12-15-39-16-13-36/h3,5-10,17-20H,4,11-16H2,1-2H3,(H,34,35,37). The summed E-state index contributed by atoms with van der Waals surface area (Å²) in [6.07, 6.45) is 4.37. The molecule has 0 spiro atoms. The van der Waals surface area contributed by atoms with Crippen LogP contribution in [0.15, 0.2) is 67.0 Å². The van der Waals surface area contributed by atoms with E-state index < -0.39 is 0 Å². The van der Waals surface area contributed by atoms with Crippen LogP contribution in [0.5, 0.6) is 23.0 Å². The smallest absolute Gasteiger partial charge is 0.258 e. The Hall–Kier alpha value is -4.25. The van der Waals surface area contributed by atoms with Crippen LogP contribution in [0.2, 0.25) is 0 Å². The predicted molar refractivity (Wildman–Crippen MR) is 164 cm³/mol. The molecule has 0 aliphatic carbocycles. The number of thiazole rings is 1. The first-order chi connectivity index (χ1) is 20.6. The van der Waals surface area contributed by atoms with E-state index >= 15 is 0 Å². The van der Waals surface area contributed by atoms with E-state index in [4.69, 9.17) is 18.9 Å². The van der Waals surface area contributed by atoms with Gasteiger partial charge in [0, 0.05) is 53.9 Å². The van der Waals surface area contributed by atoms with Gasteiger partial charge in [-0.15, -0.1) is 11.3 Å². The second-order valence-corrected chi connectivity index (χ2v) is 11.2. The number of carbonyl (C=O) groups excluding carboxylic acids is 1. The predicted octanol–water partition coefficient (Wildman–Crippen LogP) is 6.31. The summed E-state index contributed by atoms with van der Waals surface area (Å²) in [6.45, 7) is 7.02. The quantitative estimate of drug-likeness (QED) is 0.191. The number of benzene rings is 3. The third kappa shape index (κ3) is 6.30. The van der Waals surface area contributed by atoms with Crippen molar-refractivity contribution in [1.82, 2.24) is 14.9 Å². The van der Waals surface area contributed by atoms with Gasteiger partial charge in [-0.05, 0) is 60.5 Å². The summed E-state index contributed by atoms with van der Waals surface area (Å²) in [5, 5.41) is 5.99. The van der Waals surface area contributed by atoms with Gasteiger partial charge in [-0.3, -0.25) is 20.0 Å². The van der Waals surface area contributed by atoms with Crippen LogP contribution < -0.4 is 19.5 Å².